The summed E-state index contributed by atoms with van der Waals surface area (Å²) in [4.78, 5) is 24.3. The van der Waals surface area contributed by atoms with Crippen LogP contribution in [0.25, 0.3) is 6.08 Å². The van der Waals surface area contributed by atoms with E-state index >= 15 is 0 Å². The SMILES string of the molecule is CN1C(=O)/C(=C/c2ccc(Sc3ccc(Cl)cc3)s2)SC1=Nc1ccc(N2CCOCC2)cc1. The van der Waals surface area contributed by atoms with E-state index in [0.29, 0.717) is 10.1 Å². The first-order chi connectivity index (χ1) is 16.5. The Morgan fingerprint density at radius 2 is 1.76 bits per heavy atom. The van der Waals surface area contributed by atoms with Crippen LogP contribution in [0.1, 0.15) is 4.88 Å². The van der Waals surface area contributed by atoms with Crippen molar-refractivity contribution in [3.8, 4) is 0 Å². The summed E-state index contributed by atoms with van der Waals surface area (Å²) in [5.41, 5.74) is 2.00. The van der Waals surface area contributed by atoms with Crippen molar-refractivity contribution >= 4 is 75.0 Å². The zero-order chi connectivity index (χ0) is 23.5. The van der Waals surface area contributed by atoms with E-state index in [1.807, 2.05) is 48.5 Å². The number of carbonyl (C=O) groups excluding carboxylic acids is 1. The van der Waals surface area contributed by atoms with Gasteiger partial charge in [-0.3, -0.25) is 9.69 Å². The maximum atomic E-state index is 12.8. The molecule has 1 amide bonds. The minimum Gasteiger partial charge on any atom is -0.378 e. The molecule has 0 spiro atoms. The summed E-state index contributed by atoms with van der Waals surface area (Å²) in [5.74, 6) is -0.0333. The van der Waals surface area contributed by atoms with Gasteiger partial charge in [0, 0.05) is 40.6 Å². The van der Waals surface area contributed by atoms with Crippen molar-refractivity contribution in [1.29, 1.82) is 0 Å². The number of amides is 1. The van der Waals surface area contributed by atoms with Crippen LogP contribution >= 0.6 is 46.5 Å². The normalized spacial score (nSPS) is 18.9. The Labute approximate surface area is 216 Å². The molecule has 3 heterocycles. The van der Waals surface area contributed by atoms with Crippen molar-refractivity contribution in [2.75, 3.05) is 38.3 Å². The van der Waals surface area contributed by atoms with Crippen LogP contribution in [-0.4, -0.2) is 49.3 Å². The van der Waals surface area contributed by atoms with Gasteiger partial charge < -0.3 is 9.64 Å². The van der Waals surface area contributed by atoms with E-state index in [-0.39, 0.29) is 5.91 Å². The van der Waals surface area contributed by atoms with Crippen molar-refractivity contribution in [2.45, 2.75) is 9.10 Å². The van der Waals surface area contributed by atoms with Crippen LogP contribution in [0.2, 0.25) is 5.02 Å². The molecule has 0 unspecified atom stereocenters. The summed E-state index contributed by atoms with van der Waals surface area (Å²) >= 11 is 10.7. The van der Waals surface area contributed by atoms with Gasteiger partial charge in [0.05, 0.1) is 28.0 Å². The van der Waals surface area contributed by atoms with Gasteiger partial charge in [-0.05, 0) is 78.5 Å². The molecule has 2 fully saturated rings. The molecule has 9 heteroatoms. The van der Waals surface area contributed by atoms with Gasteiger partial charge in [-0.2, -0.15) is 0 Å². The van der Waals surface area contributed by atoms with Gasteiger partial charge in [0.2, 0.25) is 0 Å². The number of carbonyl (C=O) groups is 1. The molecule has 2 saturated heterocycles. The Morgan fingerprint density at radius 3 is 2.50 bits per heavy atom. The smallest absolute Gasteiger partial charge is 0.266 e. The molecule has 34 heavy (non-hydrogen) atoms. The lowest BCUT2D eigenvalue weighted by Crippen LogP contribution is -2.36. The third kappa shape index (κ3) is 5.53. The van der Waals surface area contributed by atoms with E-state index in [1.54, 1.807) is 35.0 Å². The number of nitrogens with zero attached hydrogens (tertiary/aromatic N) is 3. The molecule has 0 saturated carbocycles. The van der Waals surface area contributed by atoms with Crippen LogP contribution in [0.15, 0.2) is 79.7 Å². The highest BCUT2D eigenvalue weighted by molar-refractivity contribution is 8.18. The lowest BCUT2D eigenvalue weighted by Gasteiger charge is -2.28. The molecule has 3 aromatic rings. The average molecular weight is 528 g/mol. The van der Waals surface area contributed by atoms with Crippen molar-refractivity contribution < 1.29 is 9.53 Å². The average Bonchev–Trinajstić information content (AvgIpc) is 3.41. The van der Waals surface area contributed by atoms with Crippen molar-refractivity contribution in [2.24, 2.45) is 4.99 Å². The number of benzene rings is 2. The third-order valence-corrected chi connectivity index (χ3v) is 8.85. The maximum absolute atomic E-state index is 12.8. The van der Waals surface area contributed by atoms with Crippen LogP contribution in [0.5, 0.6) is 0 Å². The minimum atomic E-state index is -0.0333. The summed E-state index contributed by atoms with van der Waals surface area (Å²) in [7, 11) is 1.77. The molecule has 5 rings (SSSR count). The molecule has 2 aliphatic rings. The van der Waals surface area contributed by atoms with E-state index in [9.17, 15) is 4.79 Å². The Morgan fingerprint density at radius 1 is 1.03 bits per heavy atom. The zero-order valence-corrected chi connectivity index (χ0v) is 21.6. The van der Waals surface area contributed by atoms with Gasteiger partial charge in [-0.1, -0.05) is 23.4 Å². The molecule has 0 radical (unpaired) electrons. The third-order valence-electron chi connectivity index (χ3n) is 5.36. The van der Waals surface area contributed by atoms with Crippen LogP contribution in [0, 0.1) is 0 Å². The number of ether oxygens (including phenoxy) is 1. The second-order valence-electron chi connectivity index (χ2n) is 7.70. The molecule has 1 aromatic heterocycles. The van der Waals surface area contributed by atoms with Crippen molar-refractivity contribution in [3.05, 3.63) is 75.5 Å². The molecular formula is C25H22ClN3O2S3. The first kappa shape index (κ1) is 23.5. The predicted molar refractivity (Wildman–Crippen MR) is 145 cm³/mol. The fraction of sp³-hybridized carbons (Fsp3) is 0.200. The molecule has 0 aliphatic carbocycles. The minimum absolute atomic E-state index is 0.0333. The van der Waals surface area contributed by atoms with Gasteiger partial charge in [-0.25, -0.2) is 4.99 Å². The number of anilines is 1. The van der Waals surface area contributed by atoms with Gasteiger partial charge in [0.1, 0.15) is 0 Å². The number of thiophene rings is 1. The van der Waals surface area contributed by atoms with Crippen LogP contribution < -0.4 is 4.90 Å². The topological polar surface area (TPSA) is 45.1 Å². The van der Waals surface area contributed by atoms with E-state index in [4.69, 9.17) is 21.3 Å². The first-order valence-corrected chi connectivity index (χ1v) is 13.6. The number of likely N-dealkylation sites (N-methyl/N-ethyl adjacent to an activating group) is 1. The summed E-state index contributed by atoms with van der Waals surface area (Å²) in [6.07, 6.45) is 1.95. The molecule has 2 aromatic carbocycles. The number of thioether (sulfide) groups is 1. The first-order valence-electron chi connectivity index (χ1n) is 10.8. The predicted octanol–water partition coefficient (Wildman–Crippen LogP) is 6.62. The highest BCUT2D eigenvalue weighted by Gasteiger charge is 2.30. The van der Waals surface area contributed by atoms with Crippen LogP contribution in [0.4, 0.5) is 11.4 Å². The van der Waals surface area contributed by atoms with E-state index < -0.39 is 0 Å². The molecular weight excluding hydrogens is 506 g/mol. The summed E-state index contributed by atoms with van der Waals surface area (Å²) < 4.78 is 6.59. The summed E-state index contributed by atoms with van der Waals surface area (Å²) in [6, 6.07) is 20.1. The molecule has 174 valence electrons. The molecule has 0 N–H and O–H groups in total. The fourth-order valence-corrected chi connectivity index (χ4v) is 6.78. The Balaban J connectivity index is 1.28. The van der Waals surface area contributed by atoms with E-state index in [1.165, 1.54) is 17.4 Å². The molecule has 5 nitrogen and oxygen atoms in total. The number of hydrogen-bond donors (Lipinski definition) is 0. The fourth-order valence-electron chi connectivity index (χ4n) is 3.54. The van der Waals surface area contributed by atoms with Crippen molar-refractivity contribution in [1.82, 2.24) is 4.90 Å². The van der Waals surface area contributed by atoms with E-state index in [2.05, 4.69) is 23.1 Å². The second-order valence-corrected chi connectivity index (χ2v) is 11.6. The maximum Gasteiger partial charge on any atom is 0.266 e. The Bertz CT molecular complexity index is 1230. The number of amidine groups is 1. The van der Waals surface area contributed by atoms with Crippen LogP contribution in [0.3, 0.4) is 0 Å². The number of aliphatic imine (C=N–C) groups is 1. The van der Waals surface area contributed by atoms with Gasteiger partial charge >= 0.3 is 0 Å². The van der Waals surface area contributed by atoms with Gasteiger partial charge in [0.15, 0.2) is 5.17 Å². The largest absolute Gasteiger partial charge is 0.378 e. The number of morpholine rings is 1. The van der Waals surface area contributed by atoms with Crippen LogP contribution in [-0.2, 0) is 9.53 Å². The van der Waals surface area contributed by atoms with Gasteiger partial charge in [0.25, 0.3) is 5.91 Å². The lowest BCUT2D eigenvalue weighted by molar-refractivity contribution is -0.121. The number of hydrogen-bond acceptors (Lipinski definition) is 7. The standard InChI is InChI=1S/C25H22ClN3O2S3/c1-28-24(30)22(16-21-10-11-23(33-21)32-20-8-2-17(26)3-9-20)34-25(28)27-18-4-6-19(7-5-18)29-12-14-31-15-13-29/h2-11,16H,12-15H2,1H3/b22-16-,27-25?. The highest BCUT2D eigenvalue weighted by atomic mass is 35.5. The molecule has 2 aliphatic heterocycles. The Hall–Kier alpha value is -2.23. The molecule has 0 bridgehead atoms. The van der Waals surface area contributed by atoms with Crippen molar-refractivity contribution in [3.63, 3.8) is 0 Å². The monoisotopic (exact) mass is 527 g/mol. The zero-order valence-electron chi connectivity index (χ0n) is 18.4. The summed E-state index contributed by atoms with van der Waals surface area (Å²) in [6.45, 7) is 3.32. The lowest BCUT2D eigenvalue weighted by atomic mass is 10.2. The highest BCUT2D eigenvalue weighted by Crippen LogP contribution is 2.38. The second kappa shape index (κ2) is 10.6. The Kier molecular flexibility index (Phi) is 7.32. The molecule has 0 atom stereocenters. The van der Waals surface area contributed by atoms with Gasteiger partial charge in [-0.15, -0.1) is 11.3 Å². The summed E-state index contributed by atoms with van der Waals surface area (Å²) in [5, 5.41) is 1.41. The number of halogens is 1. The quantitative estimate of drug-likeness (QED) is 0.349. The number of rotatable bonds is 5. The van der Waals surface area contributed by atoms with E-state index in [0.717, 1.165) is 51.0 Å².